The number of methoxy groups -OCH3 is 1. The van der Waals surface area contributed by atoms with Crippen LogP contribution < -0.4 is 14.4 Å². The Morgan fingerprint density at radius 1 is 1.03 bits per heavy atom. The average Bonchev–Trinajstić information content (AvgIpc) is 3.32. The topological polar surface area (TPSA) is 42.0 Å². The maximum Gasteiger partial charge on any atom is 0.225 e. The SMILES string of the molecule is COc1ccc(N2CCN(C(=O)C(C)C)[C@@H](Cc3ccccc3)C2)cc1OC1CCCC1. The van der Waals surface area contributed by atoms with Gasteiger partial charge in [-0.1, -0.05) is 44.2 Å². The minimum Gasteiger partial charge on any atom is -0.493 e. The van der Waals surface area contributed by atoms with Gasteiger partial charge in [-0.25, -0.2) is 0 Å². The Balaban J connectivity index is 1.55. The first-order valence-corrected chi connectivity index (χ1v) is 12.0. The summed E-state index contributed by atoms with van der Waals surface area (Å²) in [4.78, 5) is 17.4. The quantitative estimate of drug-likeness (QED) is 0.617. The Kier molecular flexibility index (Phi) is 7.23. The first-order chi connectivity index (χ1) is 15.5. The van der Waals surface area contributed by atoms with Gasteiger partial charge in [-0.3, -0.25) is 4.79 Å². The van der Waals surface area contributed by atoms with E-state index in [1.807, 2.05) is 26.0 Å². The Bertz CT molecular complexity index is 893. The highest BCUT2D eigenvalue weighted by Gasteiger charge is 2.32. The number of nitrogens with zero attached hydrogens (tertiary/aromatic N) is 2. The molecule has 0 aromatic heterocycles. The third-order valence-corrected chi connectivity index (χ3v) is 6.68. The Hall–Kier alpha value is -2.69. The van der Waals surface area contributed by atoms with Crippen LogP contribution in [-0.2, 0) is 11.2 Å². The zero-order valence-corrected chi connectivity index (χ0v) is 19.6. The van der Waals surface area contributed by atoms with Gasteiger partial charge in [-0.05, 0) is 49.8 Å². The van der Waals surface area contributed by atoms with E-state index < -0.39 is 0 Å². The van der Waals surface area contributed by atoms with E-state index in [1.165, 1.54) is 18.4 Å². The molecule has 4 rings (SSSR count). The lowest BCUT2D eigenvalue weighted by molar-refractivity contribution is -0.137. The van der Waals surface area contributed by atoms with E-state index in [2.05, 4.69) is 46.2 Å². The van der Waals surface area contributed by atoms with Crippen molar-refractivity contribution in [2.75, 3.05) is 31.6 Å². The molecule has 2 aliphatic rings. The van der Waals surface area contributed by atoms with Gasteiger partial charge in [0.15, 0.2) is 11.5 Å². The number of piperazine rings is 1. The van der Waals surface area contributed by atoms with Crippen molar-refractivity contribution in [3.63, 3.8) is 0 Å². The highest BCUT2D eigenvalue weighted by Crippen LogP contribution is 2.36. The molecular formula is C27H36N2O3. The number of hydrogen-bond acceptors (Lipinski definition) is 4. The fourth-order valence-electron chi connectivity index (χ4n) is 4.91. The highest BCUT2D eigenvalue weighted by atomic mass is 16.5. The monoisotopic (exact) mass is 436 g/mol. The van der Waals surface area contributed by atoms with E-state index in [0.717, 1.165) is 56.1 Å². The molecular weight excluding hydrogens is 400 g/mol. The molecule has 2 aromatic carbocycles. The van der Waals surface area contributed by atoms with E-state index in [-0.39, 0.29) is 24.0 Å². The van der Waals surface area contributed by atoms with Gasteiger partial charge >= 0.3 is 0 Å². The smallest absolute Gasteiger partial charge is 0.225 e. The third-order valence-electron chi connectivity index (χ3n) is 6.68. The molecule has 1 saturated heterocycles. The molecule has 0 unspecified atom stereocenters. The fourth-order valence-corrected chi connectivity index (χ4v) is 4.91. The number of carbonyl (C=O) groups is 1. The molecule has 0 spiro atoms. The van der Waals surface area contributed by atoms with Gasteiger partial charge in [0.1, 0.15) is 0 Å². The molecule has 1 aliphatic carbocycles. The van der Waals surface area contributed by atoms with Crippen LogP contribution in [0.4, 0.5) is 5.69 Å². The number of hydrogen-bond donors (Lipinski definition) is 0. The third kappa shape index (κ3) is 5.20. The molecule has 2 fully saturated rings. The minimum atomic E-state index is 0.00669. The summed E-state index contributed by atoms with van der Waals surface area (Å²) in [6.45, 7) is 6.34. The predicted molar refractivity (Wildman–Crippen MR) is 129 cm³/mol. The van der Waals surface area contributed by atoms with Crippen LogP contribution in [-0.4, -0.2) is 49.7 Å². The molecule has 1 amide bonds. The van der Waals surface area contributed by atoms with Crippen LogP contribution >= 0.6 is 0 Å². The van der Waals surface area contributed by atoms with Crippen molar-refractivity contribution in [3.05, 3.63) is 54.1 Å². The van der Waals surface area contributed by atoms with Crippen molar-refractivity contribution in [2.45, 2.75) is 58.1 Å². The summed E-state index contributed by atoms with van der Waals surface area (Å²) in [6.07, 6.45) is 5.84. The van der Waals surface area contributed by atoms with Gasteiger partial charge in [-0.2, -0.15) is 0 Å². The maximum atomic E-state index is 12.9. The van der Waals surface area contributed by atoms with E-state index in [0.29, 0.717) is 0 Å². The van der Waals surface area contributed by atoms with Gasteiger partial charge in [0.2, 0.25) is 5.91 Å². The zero-order chi connectivity index (χ0) is 22.5. The summed E-state index contributed by atoms with van der Waals surface area (Å²) in [5.74, 6) is 1.87. The number of carbonyl (C=O) groups excluding carboxylic acids is 1. The molecule has 1 heterocycles. The number of anilines is 1. The van der Waals surface area contributed by atoms with Gasteiger partial charge in [0, 0.05) is 37.3 Å². The first-order valence-electron chi connectivity index (χ1n) is 12.0. The Labute approximate surface area is 192 Å². The van der Waals surface area contributed by atoms with E-state index in [1.54, 1.807) is 7.11 Å². The number of ether oxygens (including phenoxy) is 2. The summed E-state index contributed by atoms with van der Waals surface area (Å²) < 4.78 is 11.9. The lowest BCUT2D eigenvalue weighted by Crippen LogP contribution is -2.57. The summed E-state index contributed by atoms with van der Waals surface area (Å²) in [5.41, 5.74) is 2.40. The maximum absolute atomic E-state index is 12.9. The van der Waals surface area contributed by atoms with Crippen LogP contribution in [0.5, 0.6) is 11.5 Å². The summed E-state index contributed by atoms with van der Waals surface area (Å²) in [6, 6.07) is 16.9. The molecule has 1 aliphatic heterocycles. The highest BCUT2D eigenvalue weighted by molar-refractivity contribution is 5.79. The van der Waals surface area contributed by atoms with Crippen molar-refractivity contribution in [1.29, 1.82) is 0 Å². The zero-order valence-electron chi connectivity index (χ0n) is 19.6. The van der Waals surface area contributed by atoms with E-state index in [4.69, 9.17) is 9.47 Å². The standard InChI is InChI=1S/C27H36N2O3/c1-20(2)27(30)29-16-15-28(19-23(29)17-21-9-5-4-6-10-21)22-13-14-25(31-3)26(18-22)32-24-11-7-8-12-24/h4-6,9-10,13-14,18,20,23-24H,7-8,11-12,15-17,19H2,1-3H3/t23-/m0/s1. The van der Waals surface area contributed by atoms with E-state index >= 15 is 0 Å². The summed E-state index contributed by atoms with van der Waals surface area (Å²) in [7, 11) is 1.70. The second kappa shape index (κ2) is 10.3. The normalized spacial score (nSPS) is 19.4. The van der Waals surface area contributed by atoms with Crippen LogP contribution in [0.25, 0.3) is 0 Å². The lowest BCUT2D eigenvalue weighted by Gasteiger charge is -2.43. The molecule has 1 atom stereocenters. The summed E-state index contributed by atoms with van der Waals surface area (Å²) >= 11 is 0. The summed E-state index contributed by atoms with van der Waals surface area (Å²) in [5, 5.41) is 0. The van der Waals surface area contributed by atoms with Crippen molar-refractivity contribution in [3.8, 4) is 11.5 Å². The Morgan fingerprint density at radius 3 is 2.47 bits per heavy atom. The first kappa shape index (κ1) is 22.5. The van der Waals surface area contributed by atoms with Crippen molar-refractivity contribution < 1.29 is 14.3 Å². The second-order valence-electron chi connectivity index (χ2n) is 9.34. The molecule has 5 heteroatoms. The van der Waals surface area contributed by atoms with Crippen LogP contribution in [0.2, 0.25) is 0 Å². The molecule has 5 nitrogen and oxygen atoms in total. The number of amides is 1. The molecule has 0 bridgehead atoms. The number of rotatable bonds is 7. The van der Waals surface area contributed by atoms with Crippen molar-refractivity contribution >= 4 is 11.6 Å². The second-order valence-corrected chi connectivity index (χ2v) is 9.34. The molecule has 0 radical (unpaired) electrons. The number of benzene rings is 2. The molecule has 0 N–H and O–H groups in total. The predicted octanol–water partition coefficient (Wildman–Crippen LogP) is 4.93. The lowest BCUT2D eigenvalue weighted by atomic mass is 10.00. The van der Waals surface area contributed by atoms with Crippen LogP contribution in [0, 0.1) is 5.92 Å². The fraction of sp³-hybridized carbons (Fsp3) is 0.519. The molecule has 172 valence electrons. The van der Waals surface area contributed by atoms with Crippen molar-refractivity contribution in [1.82, 2.24) is 4.90 Å². The van der Waals surface area contributed by atoms with Gasteiger partial charge in [0.05, 0.1) is 19.3 Å². The minimum absolute atomic E-state index is 0.00669. The molecule has 2 aromatic rings. The van der Waals surface area contributed by atoms with Gasteiger partial charge < -0.3 is 19.3 Å². The van der Waals surface area contributed by atoms with Crippen LogP contribution in [0.15, 0.2) is 48.5 Å². The largest absolute Gasteiger partial charge is 0.493 e. The van der Waals surface area contributed by atoms with E-state index in [9.17, 15) is 4.79 Å². The molecule has 32 heavy (non-hydrogen) atoms. The van der Waals surface area contributed by atoms with Crippen LogP contribution in [0.1, 0.15) is 45.1 Å². The van der Waals surface area contributed by atoms with Crippen molar-refractivity contribution in [2.24, 2.45) is 5.92 Å². The Morgan fingerprint density at radius 2 is 1.78 bits per heavy atom. The average molecular weight is 437 g/mol. The van der Waals surface area contributed by atoms with Crippen LogP contribution in [0.3, 0.4) is 0 Å². The van der Waals surface area contributed by atoms with Gasteiger partial charge in [0.25, 0.3) is 0 Å². The molecule has 1 saturated carbocycles. The van der Waals surface area contributed by atoms with Gasteiger partial charge in [-0.15, -0.1) is 0 Å².